The summed E-state index contributed by atoms with van der Waals surface area (Å²) in [6, 6.07) is 6.21. The maximum Gasteiger partial charge on any atom is 0.270 e. The first-order valence-corrected chi connectivity index (χ1v) is 9.69. The van der Waals surface area contributed by atoms with E-state index in [1.165, 1.54) is 0 Å². The normalized spacial score (nSPS) is 10.7. The second kappa shape index (κ2) is 7.29. The summed E-state index contributed by atoms with van der Waals surface area (Å²) in [4.78, 5) is 26.7. The number of nitrogens with zero attached hydrogens (tertiary/aromatic N) is 5. The molecule has 1 amide bonds. The number of nitrogens with one attached hydrogen (secondary N) is 1. The number of aromatic nitrogens is 5. The third-order valence-electron chi connectivity index (χ3n) is 3.98. The Hall–Kier alpha value is -3.04. The van der Waals surface area contributed by atoms with E-state index in [0.29, 0.717) is 16.4 Å². The fourth-order valence-corrected chi connectivity index (χ4v) is 3.73. The number of hydrogen-bond donors (Lipinski definition) is 1. The summed E-state index contributed by atoms with van der Waals surface area (Å²) in [5.74, 6) is 0.0979. The summed E-state index contributed by atoms with van der Waals surface area (Å²) in [5.41, 5.74) is 6.33. The summed E-state index contributed by atoms with van der Waals surface area (Å²) in [5, 5.41) is 6.56. The highest BCUT2D eigenvalue weighted by molar-refractivity contribution is 7.13. The predicted molar refractivity (Wildman–Crippen MR) is 106 cm³/mol. The van der Waals surface area contributed by atoms with E-state index in [-0.39, 0.29) is 5.91 Å². The fourth-order valence-electron chi connectivity index (χ4n) is 2.55. The van der Waals surface area contributed by atoms with Crippen LogP contribution in [0.5, 0.6) is 0 Å². The maximum atomic E-state index is 12.2. The number of anilines is 1. The summed E-state index contributed by atoms with van der Waals surface area (Å²) in [6.07, 6.45) is 5.06. The molecular weight excluding hydrogens is 380 g/mol. The number of amides is 1. The number of carbonyl (C=O) groups is 1. The van der Waals surface area contributed by atoms with Crippen LogP contribution in [0.4, 0.5) is 5.82 Å². The molecule has 0 unspecified atom stereocenters. The summed E-state index contributed by atoms with van der Waals surface area (Å²) in [6.45, 7) is 3.77. The van der Waals surface area contributed by atoms with Crippen LogP contribution in [0.1, 0.15) is 20.9 Å². The summed E-state index contributed by atoms with van der Waals surface area (Å²) >= 11 is 2.64. The standard InChI is InChI=1S/C18H14N6OS2/c1-10-3-4-12(15-7-19-9-26-15)5-13(10)14-6-21-16(8-20-14)22-18(25)17-11(2)23-24-27-17/h3-9H,1-2H3,(H,21,22,25). The zero-order valence-corrected chi connectivity index (χ0v) is 16.1. The monoisotopic (exact) mass is 394 g/mol. The quantitative estimate of drug-likeness (QED) is 0.562. The van der Waals surface area contributed by atoms with Crippen molar-refractivity contribution in [2.75, 3.05) is 5.32 Å². The van der Waals surface area contributed by atoms with Crippen molar-refractivity contribution < 1.29 is 4.79 Å². The topological polar surface area (TPSA) is 93.6 Å². The molecule has 1 N–H and O–H groups in total. The van der Waals surface area contributed by atoms with E-state index in [1.54, 1.807) is 30.7 Å². The van der Waals surface area contributed by atoms with Gasteiger partial charge in [-0.2, -0.15) is 0 Å². The number of carbonyl (C=O) groups excluding carboxylic acids is 1. The number of hydrogen-bond acceptors (Lipinski definition) is 8. The van der Waals surface area contributed by atoms with E-state index in [2.05, 4.69) is 48.1 Å². The Labute approximate surface area is 163 Å². The Kier molecular flexibility index (Phi) is 4.69. The molecule has 4 rings (SSSR count). The SMILES string of the molecule is Cc1ccc(-c2cncs2)cc1-c1cnc(NC(=O)c2snnc2C)cn1. The largest absolute Gasteiger partial charge is 0.304 e. The Bertz CT molecular complexity index is 1090. The van der Waals surface area contributed by atoms with Crippen molar-refractivity contribution in [3.05, 3.63) is 58.4 Å². The average Bonchev–Trinajstić information content (AvgIpc) is 3.35. The third kappa shape index (κ3) is 3.60. The van der Waals surface area contributed by atoms with Crippen molar-refractivity contribution in [1.29, 1.82) is 0 Å². The second-order valence-corrected chi connectivity index (χ2v) is 7.46. The lowest BCUT2D eigenvalue weighted by Crippen LogP contribution is -2.13. The molecule has 0 spiro atoms. The Balaban J connectivity index is 1.58. The van der Waals surface area contributed by atoms with Crippen LogP contribution in [0, 0.1) is 13.8 Å². The van der Waals surface area contributed by atoms with Gasteiger partial charge in [0.05, 0.1) is 34.2 Å². The van der Waals surface area contributed by atoms with Crippen LogP contribution in [0.2, 0.25) is 0 Å². The minimum absolute atomic E-state index is 0.284. The Morgan fingerprint density at radius 2 is 2.00 bits per heavy atom. The molecule has 0 atom stereocenters. The van der Waals surface area contributed by atoms with Crippen molar-refractivity contribution in [3.8, 4) is 21.7 Å². The van der Waals surface area contributed by atoms with Crippen molar-refractivity contribution in [3.63, 3.8) is 0 Å². The van der Waals surface area contributed by atoms with Crippen molar-refractivity contribution >= 4 is 34.6 Å². The molecule has 3 aromatic heterocycles. The predicted octanol–water partition coefficient (Wildman–Crippen LogP) is 3.99. The molecule has 3 heterocycles. The smallest absolute Gasteiger partial charge is 0.270 e. The molecule has 4 aromatic rings. The molecule has 27 heavy (non-hydrogen) atoms. The number of thiazole rings is 1. The first-order chi connectivity index (χ1) is 13.1. The number of rotatable bonds is 4. The first kappa shape index (κ1) is 17.4. The highest BCUT2D eigenvalue weighted by Crippen LogP contribution is 2.30. The molecule has 0 saturated carbocycles. The number of benzene rings is 1. The molecule has 0 aliphatic rings. The van der Waals surface area contributed by atoms with Crippen molar-refractivity contribution in [2.45, 2.75) is 13.8 Å². The highest BCUT2D eigenvalue weighted by Gasteiger charge is 2.14. The molecule has 0 aliphatic heterocycles. The lowest BCUT2D eigenvalue weighted by atomic mass is 10.0. The number of aryl methyl sites for hydroxylation is 2. The van der Waals surface area contributed by atoms with Crippen LogP contribution in [0.25, 0.3) is 21.7 Å². The molecule has 0 aliphatic carbocycles. The van der Waals surface area contributed by atoms with Gasteiger partial charge in [-0.1, -0.05) is 16.6 Å². The van der Waals surface area contributed by atoms with Gasteiger partial charge in [-0.15, -0.1) is 16.4 Å². The van der Waals surface area contributed by atoms with Gasteiger partial charge in [0.25, 0.3) is 5.91 Å². The van der Waals surface area contributed by atoms with E-state index in [0.717, 1.165) is 38.8 Å². The molecular formula is C18H14N6OS2. The van der Waals surface area contributed by atoms with Crippen LogP contribution >= 0.6 is 22.9 Å². The molecule has 1 aromatic carbocycles. The molecule has 7 nitrogen and oxygen atoms in total. The van der Waals surface area contributed by atoms with Crippen LogP contribution < -0.4 is 5.32 Å². The minimum atomic E-state index is -0.284. The Morgan fingerprint density at radius 3 is 2.67 bits per heavy atom. The third-order valence-corrected chi connectivity index (χ3v) is 5.63. The van der Waals surface area contributed by atoms with Crippen molar-refractivity contribution in [2.24, 2.45) is 0 Å². The van der Waals surface area contributed by atoms with E-state index >= 15 is 0 Å². The Morgan fingerprint density at radius 1 is 1.11 bits per heavy atom. The van der Waals surface area contributed by atoms with Gasteiger partial charge in [-0.3, -0.25) is 14.8 Å². The van der Waals surface area contributed by atoms with Gasteiger partial charge in [0.15, 0.2) is 5.82 Å². The van der Waals surface area contributed by atoms with Gasteiger partial charge in [-0.25, -0.2) is 4.98 Å². The van der Waals surface area contributed by atoms with Gasteiger partial charge in [-0.05, 0) is 42.6 Å². The molecule has 0 fully saturated rings. The van der Waals surface area contributed by atoms with E-state index in [9.17, 15) is 4.79 Å². The zero-order valence-electron chi connectivity index (χ0n) is 14.5. The lowest BCUT2D eigenvalue weighted by molar-refractivity contribution is 0.102. The molecule has 134 valence electrons. The van der Waals surface area contributed by atoms with Crippen molar-refractivity contribution in [1.82, 2.24) is 24.5 Å². The van der Waals surface area contributed by atoms with Gasteiger partial charge in [0.1, 0.15) is 4.88 Å². The zero-order chi connectivity index (χ0) is 18.8. The maximum absolute atomic E-state index is 12.2. The summed E-state index contributed by atoms with van der Waals surface area (Å²) in [7, 11) is 0. The van der Waals surface area contributed by atoms with Gasteiger partial charge < -0.3 is 5.32 Å². The fraction of sp³-hybridized carbons (Fsp3) is 0.111. The minimum Gasteiger partial charge on any atom is -0.304 e. The van der Waals surface area contributed by atoms with Crippen LogP contribution in [0.3, 0.4) is 0 Å². The molecule has 0 radical (unpaired) electrons. The van der Waals surface area contributed by atoms with Gasteiger partial charge in [0.2, 0.25) is 0 Å². The van der Waals surface area contributed by atoms with E-state index < -0.39 is 0 Å². The first-order valence-electron chi connectivity index (χ1n) is 8.04. The van der Waals surface area contributed by atoms with Crippen LogP contribution in [0.15, 0.2) is 42.3 Å². The van der Waals surface area contributed by atoms with Crippen LogP contribution in [-0.2, 0) is 0 Å². The summed E-state index contributed by atoms with van der Waals surface area (Å²) < 4.78 is 3.77. The average molecular weight is 394 g/mol. The second-order valence-electron chi connectivity index (χ2n) is 5.82. The van der Waals surface area contributed by atoms with E-state index in [1.807, 2.05) is 18.6 Å². The van der Waals surface area contributed by atoms with Crippen LogP contribution in [-0.4, -0.2) is 30.4 Å². The molecule has 0 saturated heterocycles. The van der Waals surface area contributed by atoms with E-state index in [4.69, 9.17) is 0 Å². The highest BCUT2D eigenvalue weighted by atomic mass is 32.1. The lowest BCUT2D eigenvalue weighted by Gasteiger charge is -2.08. The molecule has 9 heteroatoms. The molecule has 0 bridgehead atoms. The van der Waals surface area contributed by atoms with Gasteiger partial charge >= 0.3 is 0 Å². The van der Waals surface area contributed by atoms with Gasteiger partial charge in [0, 0.05) is 11.8 Å².